The van der Waals surface area contributed by atoms with E-state index in [1.165, 1.54) is 0 Å². The van der Waals surface area contributed by atoms with Crippen molar-refractivity contribution < 1.29 is 9.69 Å². The molecule has 0 heterocycles. The Bertz CT molecular complexity index is 455. The molecule has 0 saturated heterocycles. The second-order valence-electron chi connectivity index (χ2n) is 5.84. The molecule has 1 amide bonds. The fraction of sp³-hybridized carbons (Fsp3) is 0.500. The van der Waals surface area contributed by atoms with Gasteiger partial charge in [0, 0.05) is 16.1 Å². The molecule has 1 unspecified atom stereocenters. The third kappa shape index (κ3) is 6.28. The number of likely N-dealkylation sites (N-methyl/N-ethyl adjacent to an activating group) is 1. The Kier molecular flexibility index (Phi) is 5.65. The molecule has 0 fully saturated rings. The number of hydrogen-bond donors (Lipinski definition) is 2. The Labute approximate surface area is 124 Å². The second-order valence-corrected chi connectivity index (χ2v) is 6.69. The lowest BCUT2D eigenvalue weighted by Crippen LogP contribution is -3.09. The predicted octanol–water partition coefficient (Wildman–Crippen LogP) is 1.92. The van der Waals surface area contributed by atoms with Gasteiger partial charge in [-0.2, -0.15) is 0 Å². The van der Waals surface area contributed by atoms with Crippen LogP contribution in [0.15, 0.2) is 18.2 Å². The van der Waals surface area contributed by atoms with E-state index in [9.17, 15) is 4.79 Å². The first-order valence-corrected chi connectivity index (χ1v) is 6.99. The molecule has 1 aromatic carbocycles. The number of amides is 1. The number of rotatable bonds is 4. The Morgan fingerprint density at radius 1 is 1.32 bits per heavy atom. The molecule has 0 aliphatic heterocycles. The largest absolute Gasteiger partial charge is 0.347 e. The summed E-state index contributed by atoms with van der Waals surface area (Å²) in [6, 6.07) is 5.43. The summed E-state index contributed by atoms with van der Waals surface area (Å²) in [6.07, 6.45) is 0. The minimum atomic E-state index is -0.199. The molecule has 1 rings (SSSR count). The van der Waals surface area contributed by atoms with Crippen molar-refractivity contribution in [2.75, 3.05) is 13.6 Å². The molecule has 1 aromatic rings. The standard InChI is InChI=1S/C14H20Cl2N2O/c1-14(2,3)17-13(19)9-18(4)8-10-5-6-11(15)7-12(10)16/h5-7H,8-9H2,1-4H3,(H,17,19)/p+1. The van der Waals surface area contributed by atoms with Gasteiger partial charge in [-0.15, -0.1) is 0 Å². The van der Waals surface area contributed by atoms with Crippen LogP contribution in [0.2, 0.25) is 10.0 Å². The minimum absolute atomic E-state index is 0.0371. The molecule has 1 atom stereocenters. The number of benzene rings is 1. The van der Waals surface area contributed by atoms with E-state index in [0.29, 0.717) is 23.1 Å². The van der Waals surface area contributed by atoms with Gasteiger partial charge in [0.25, 0.3) is 5.91 Å². The van der Waals surface area contributed by atoms with E-state index in [1.807, 2.05) is 40.0 Å². The summed E-state index contributed by atoms with van der Waals surface area (Å²) in [5.74, 6) is 0.0371. The molecule has 0 aliphatic carbocycles. The van der Waals surface area contributed by atoms with Crippen LogP contribution in [0.3, 0.4) is 0 Å². The van der Waals surface area contributed by atoms with Gasteiger partial charge in [-0.1, -0.05) is 29.3 Å². The van der Waals surface area contributed by atoms with E-state index in [4.69, 9.17) is 23.2 Å². The lowest BCUT2D eigenvalue weighted by Gasteiger charge is -2.22. The number of carbonyl (C=O) groups is 1. The van der Waals surface area contributed by atoms with Crippen LogP contribution >= 0.6 is 23.2 Å². The Morgan fingerprint density at radius 2 is 1.95 bits per heavy atom. The summed E-state index contributed by atoms with van der Waals surface area (Å²) in [7, 11) is 1.97. The van der Waals surface area contributed by atoms with Crippen LogP contribution in [0.5, 0.6) is 0 Å². The molecule has 0 aromatic heterocycles. The Hall–Kier alpha value is -0.770. The van der Waals surface area contributed by atoms with Crippen LogP contribution in [-0.4, -0.2) is 25.0 Å². The maximum absolute atomic E-state index is 11.8. The molecular formula is C14H21Cl2N2O+. The summed E-state index contributed by atoms with van der Waals surface area (Å²) in [5.41, 5.74) is 0.794. The van der Waals surface area contributed by atoms with Crippen molar-refractivity contribution in [2.45, 2.75) is 32.9 Å². The summed E-state index contributed by atoms with van der Waals surface area (Å²) >= 11 is 12.0. The average molecular weight is 304 g/mol. The molecule has 19 heavy (non-hydrogen) atoms. The van der Waals surface area contributed by atoms with Crippen molar-refractivity contribution >= 4 is 29.1 Å². The maximum Gasteiger partial charge on any atom is 0.275 e. The van der Waals surface area contributed by atoms with E-state index in [-0.39, 0.29) is 11.4 Å². The highest BCUT2D eigenvalue weighted by Gasteiger charge is 2.17. The molecule has 0 saturated carbocycles. The highest BCUT2D eigenvalue weighted by Crippen LogP contribution is 2.20. The average Bonchev–Trinajstić information content (AvgIpc) is 2.19. The highest BCUT2D eigenvalue weighted by atomic mass is 35.5. The van der Waals surface area contributed by atoms with Gasteiger partial charge in [-0.3, -0.25) is 4.79 Å². The number of nitrogens with one attached hydrogen (secondary N) is 2. The monoisotopic (exact) mass is 303 g/mol. The third-order valence-electron chi connectivity index (χ3n) is 2.48. The zero-order valence-electron chi connectivity index (χ0n) is 11.8. The minimum Gasteiger partial charge on any atom is -0.347 e. The van der Waals surface area contributed by atoms with Crippen molar-refractivity contribution in [1.29, 1.82) is 0 Å². The molecule has 2 N–H and O–H groups in total. The van der Waals surface area contributed by atoms with Crippen molar-refractivity contribution in [1.82, 2.24) is 5.32 Å². The molecule has 0 bridgehead atoms. The first-order valence-electron chi connectivity index (χ1n) is 6.23. The van der Waals surface area contributed by atoms with Gasteiger partial charge in [-0.05, 0) is 32.9 Å². The first kappa shape index (κ1) is 16.3. The summed E-state index contributed by atoms with van der Waals surface area (Å²) in [6.45, 7) is 7.01. The zero-order valence-corrected chi connectivity index (χ0v) is 13.3. The molecule has 5 heteroatoms. The molecule has 0 spiro atoms. The lowest BCUT2D eigenvalue weighted by atomic mass is 10.1. The maximum atomic E-state index is 11.8. The van der Waals surface area contributed by atoms with Gasteiger partial charge >= 0.3 is 0 Å². The summed E-state index contributed by atoms with van der Waals surface area (Å²) in [5, 5.41) is 4.21. The van der Waals surface area contributed by atoms with Crippen LogP contribution < -0.4 is 10.2 Å². The van der Waals surface area contributed by atoms with Crippen LogP contribution in [0.4, 0.5) is 0 Å². The van der Waals surface area contributed by atoms with Gasteiger partial charge in [-0.25, -0.2) is 0 Å². The van der Waals surface area contributed by atoms with Crippen molar-refractivity contribution in [2.24, 2.45) is 0 Å². The van der Waals surface area contributed by atoms with Crippen LogP contribution in [0.1, 0.15) is 26.3 Å². The van der Waals surface area contributed by atoms with Crippen molar-refractivity contribution in [3.05, 3.63) is 33.8 Å². The quantitative estimate of drug-likeness (QED) is 0.875. The molecule has 106 valence electrons. The molecular weight excluding hydrogens is 283 g/mol. The van der Waals surface area contributed by atoms with E-state index in [0.717, 1.165) is 10.5 Å². The zero-order chi connectivity index (χ0) is 14.6. The summed E-state index contributed by atoms with van der Waals surface area (Å²) < 4.78 is 0. The Balaban J connectivity index is 2.55. The van der Waals surface area contributed by atoms with Crippen molar-refractivity contribution in [3.8, 4) is 0 Å². The van der Waals surface area contributed by atoms with Crippen LogP contribution in [0, 0.1) is 0 Å². The van der Waals surface area contributed by atoms with E-state index in [2.05, 4.69) is 5.32 Å². The van der Waals surface area contributed by atoms with E-state index in [1.54, 1.807) is 6.07 Å². The fourth-order valence-corrected chi connectivity index (χ4v) is 2.26. The molecule has 0 aliphatic rings. The normalized spacial score (nSPS) is 13.2. The number of carbonyl (C=O) groups excluding carboxylic acids is 1. The van der Waals surface area contributed by atoms with Gasteiger partial charge in [0.2, 0.25) is 0 Å². The number of halogens is 2. The molecule has 0 radical (unpaired) electrons. The third-order valence-corrected chi connectivity index (χ3v) is 3.07. The van der Waals surface area contributed by atoms with E-state index < -0.39 is 0 Å². The Morgan fingerprint density at radius 3 is 2.47 bits per heavy atom. The van der Waals surface area contributed by atoms with E-state index >= 15 is 0 Å². The SMILES string of the molecule is C[NH+](CC(=O)NC(C)(C)C)Cc1ccc(Cl)cc1Cl. The summed E-state index contributed by atoms with van der Waals surface area (Å²) in [4.78, 5) is 12.9. The highest BCUT2D eigenvalue weighted by molar-refractivity contribution is 6.35. The molecule has 3 nitrogen and oxygen atoms in total. The van der Waals surface area contributed by atoms with Gasteiger partial charge in [0.15, 0.2) is 6.54 Å². The van der Waals surface area contributed by atoms with Gasteiger partial charge in [0.05, 0.1) is 12.1 Å². The smallest absolute Gasteiger partial charge is 0.275 e. The predicted molar refractivity (Wildman–Crippen MR) is 79.8 cm³/mol. The number of hydrogen-bond acceptors (Lipinski definition) is 1. The first-order chi connectivity index (χ1) is 8.67. The topological polar surface area (TPSA) is 33.5 Å². The van der Waals surface area contributed by atoms with Crippen LogP contribution in [0.25, 0.3) is 0 Å². The second kappa shape index (κ2) is 6.60. The van der Waals surface area contributed by atoms with Crippen LogP contribution in [-0.2, 0) is 11.3 Å². The van der Waals surface area contributed by atoms with Gasteiger partial charge < -0.3 is 10.2 Å². The van der Waals surface area contributed by atoms with Crippen molar-refractivity contribution in [3.63, 3.8) is 0 Å². The lowest BCUT2D eigenvalue weighted by molar-refractivity contribution is -0.885. The van der Waals surface area contributed by atoms with Gasteiger partial charge in [0.1, 0.15) is 6.54 Å². The fourth-order valence-electron chi connectivity index (χ4n) is 1.79. The number of quaternary nitrogens is 1.